The molecule has 1 aliphatic rings. The van der Waals surface area contributed by atoms with Gasteiger partial charge in [-0.2, -0.15) is 12.6 Å². The highest BCUT2D eigenvalue weighted by molar-refractivity contribution is 7.90. The van der Waals surface area contributed by atoms with Gasteiger partial charge in [0.15, 0.2) is 0 Å². The van der Waals surface area contributed by atoms with E-state index < -0.39 is 10.0 Å². The predicted molar refractivity (Wildman–Crippen MR) is 97.0 cm³/mol. The molecule has 0 aromatic rings. The summed E-state index contributed by atoms with van der Waals surface area (Å²) in [5, 5.41) is 3.17. The van der Waals surface area contributed by atoms with Crippen LogP contribution in [0.5, 0.6) is 0 Å². The van der Waals surface area contributed by atoms with Crippen molar-refractivity contribution >= 4 is 22.7 Å². The zero-order valence-corrected chi connectivity index (χ0v) is 15.8. The van der Waals surface area contributed by atoms with Gasteiger partial charge in [-0.1, -0.05) is 39.5 Å². The van der Waals surface area contributed by atoms with Gasteiger partial charge < -0.3 is 5.32 Å². The molecule has 22 heavy (non-hydrogen) atoms. The first kappa shape index (κ1) is 20.2. The Balaban J connectivity index is 1.91. The fourth-order valence-electron chi connectivity index (χ4n) is 2.51. The Bertz CT molecular complexity index is 382. The molecule has 132 valence electrons. The number of unbranched alkanes of at least 4 members (excludes halogenated alkanes) is 5. The van der Waals surface area contributed by atoms with E-state index in [1.165, 1.54) is 25.7 Å². The average molecular weight is 352 g/mol. The smallest absolute Gasteiger partial charge is 0.217 e. The van der Waals surface area contributed by atoms with Crippen molar-refractivity contribution in [2.24, 2.45) is 0 Å². The molecule has 0 atom stereocenters. The molecular weight excluding hydrogens is 318 g/mol. The Kier molecular flexibility index (Phi) is 9.99. The minimum absolute atomic E-state index is 0.242. The van der Waals surface area contributed by atoms with Crippen molar-refractivity contribution in [1.29, 1.82) is 0 Å². The monoisotopic (exact) mass is 351 g/mol. The summed E-state index contributed by atoms with van der Waals surface area (Å²) in [5.74, 6) is 0.638. The molecular formula is C15H33N3O2S2. The third kappa shape index (κ3) is 8.15. The molecule has 0 aromatic carbocycles. The summed E-state index contributed by atoms with van der Waals surface area (Å²) >= 11 is 4.14. The molecule has 0 aromatic heterocycles. The summed E-state index contributed by atoms with van der Waals surface area (Å²) in [5.41, 5.74) is 0. The van der Waals surface area contributed by atoms with Crippen LogP contribution in [-0.2, 0) is 10.0 Å². The molecule has 0 saturated carbocycles. The quantitative estimate of drug-likeness (QED) is 0.350. The largest absolute Gasteiger partial charge is 0.315 e. The molecule has 0 aliphatic carbocycles. The fourth-order valence-corrected chi connectivity index (χ4v) is 4.22. The van der Waals surface area contributed by atoms with Crippen LogP contribution in [0.1, 0.15) is 52.4 Å². The van der Waals surface area contributed by atoms with Gasteiger partial charge in [-0.15, -0.1) is 0 Å². The predicted octanol–water partition coefficient (Wildman–Crippen LogP) is 1.82. The lowest BCUT2D eigenvalue weighted by Gasteiger charge is -2.37. The van der Waals surface area contributed by atoms with Crippen LogP contribution in [-0.4, -0.2) is 56.7 Å². The lowest BCUT2D eigenvalue weighted by molar-refractivity contribution is 0.220. The van der Waals surface area contributed by atoms with Gasteiger partial charge >= 0.3 is 0 Å². The van der Waals surface area contributed by atoms with Crippen LogP contribution in [0.3, 0.4) is 0 Å². The van der Waals surface area contributed by atoms with Gasteiger partial charge in [-0.05, 0) is 19.4 Å². The normalized spacial score (nSPS) is 17.1. The number of nitrogens with one attached hydrogen (secondary N) is 2. The van der Waals surface area contributed by atoms with Gasteiger partial charge in [0.1, 0.15) is 5.25 Å². The van der Waals surface area contributed by atoms with Crippen molar-refractivity contribution in [3.8, 4) is 0 Å². The first-order valence-corrected chi connectivity index (χ1v) is 10.7. The van der Waals surface area contributed by atoms with Crippen LogP contribution >= 0.6 is 12.6 Å². The SMILES string of the molecule is CC(C)NCCCCCCCCNS(=O)(=O)C1CN(CS)C1. The molecule has 1 saturated heterocycles. The van der Waals surface area contributed by atoms with Gasteiger partial charge in [-0.25, -0.2) is 13.1 Å². The molecule has 1 aliphatic heterocycles. The van der Waals surface area contributed by atoms with E-state index in [0.717, 1.165) is 19.4 Å². The molecule has 0 amide bonds. The van der Waals surface area contributed by atoms with Gasteiger partial charge in [0.2, 0.25) is 10.0 Å². The number of likely N-dealkylation sites (tertiary alicyclic amines) is 1. The zero-order valence-electron chi connectivity index (χ0n) is 14.1. The molecule has 1 heterocycles. The van der Waals surface area contributed by atoms with Crippen LogP contribution in [0.15, 0.2) is 0 Å². The van der Waals surface area contributed by atoms with E-state index in [-0.39, 0.29) is 5.25 Å². The van der Waals surface area contributed by atoms with E-state index in [2.05, 4.69) is 36.5 Å². The summed E-state index contributed by atoms with van der Waals surface area (Å²) in [6, 6.07) is 0.573. The van der Waals surface area contributed by atoms with Crippen molar-refractivity contribution in [2.75, 3.05) is 32.1 Å². The minimum atomic E-state index is -3.11. The Morgan fingerprint density at radius 3 is 2.14 bits per heavy atom. The standard InChI is InChI=1S/C15H33N3O2S2/c1-14(2)16-9-7-5-3-4-6-8-10-17-22(19,20)15-11-18(12-15)13-21/h14-17,21H,3-13H2,1-2H3. The first-order chi connectivity index (χ1) is 10.5. The second kappa shape index (κ2) is 10.9. The Morgan fingerprint density at radius 1 is 1.05 bits per heavy atom. The first-order valence-electron chi connectivity index (χ1n) is 8.51. The van der Waals surface area contributed by atoms with Gasteiger partial charge in [0, 0.05) is 31.6 Å². The van der Waals surface area contributed by atoms with Gasteiger partial charge in [0.05, 0.1) is 0 Å². The number of hydrogen-bond donors (Lipinski definition) is 3. The van der Waals surface area contributed by atoms with Crippen LogP contribution < -0.4 is 10.0 Å². The average Bonchev–Trinajstić information content (AvgIpc) is 2.39. The van der Waals surface area contributed by atoms with Crippen molar-refractivity contribution < 1.29 is 8.42 Å². The number of rotatable bonds is 13. The van der Waals surface area contributed by atoms with E-state index >= 15 is 0 Å². The lowest BCUT2D eigenvalue weighted by atomic mass is 10.1. The van der Waals surface area contributed by atoms with Gasteiger partial charge in [-0.3, -0.25) is 4.90 Å². The highest BCUT2D eigenvalue weighted by atomic mass is 32.2. The van der Waals surface area contributed by atoms with E-state index in [4.69, 9.17) is 0 Å². The molecule has 0 bridgehead atoms. The van der Waals surface area contributed by atoms with E-state index in [9.17, 15) is 8.42 Å². The maximum absolute atomic E-state index is 12.0. The zero-order chi connectivity index (χ0) is 16.4. The highest BCUT2D eigenvalue weighted by Gasteiger charge is 2.35. The van der Waals surface area contributed by atoms with Crippen molar-refractivity contribution in [2.45, 2.75) is 63.7 Å². The van der Waals surface area contributed by atoms with Crippen molar-refractivity contribution in [3.63, 3.8) is 0 Å². The number of nitrogens with zero attached hydrogens (tertiary/aromatic N) is 1. The number of hydrogen-bond acceptors (Lipinski definition) is 5. The van der Waals surface area contributed by atoms with E-state index in [0.29, 0.717) is 31.6 Å². The maximum atomic E-state index is 12.0. The molecule has 1 rings (SSSR count). The summed E-state index contributed by atoms with van der Waals surface area (Å²) in [4.78, 5) is 2.02. The molecule has 2 N–H and O–H groups in total. The molecule has 7 heteroatoms. The summed E-state index contributed by atoms with van der Waals surface area (Å²) in [6.07, 6.45) is 6.97. The molecule has 0 unspecified atom stereocenters. The maximum Gasteiger partial charge on any atom is 0.217 e. The Hall–Kier alpha value is 0.180. The van der Waals surface area contributed by atoms with Crippen LogP contribution in [0.25, 0.3) is 0 Å². The molecule has 5 nitrogen and oxygen atoms in total. The van der Waals surface area contributed by atoms with Crippen molar-refractivity contribution in [3.05, 3.63) is 0 Å². The molecule has 0 radical (unpaired) electrons. The highest BCUT2D eigenvalue weighted by Crippen LogP contribution is 2.15. The third-order valence-electron chi connectivity index (χ3n) is 4.02. The van der Waals surface area contributed by atoms with Crippen molar-refractivity contribution in [1.82, 2.24) is 14.9 Å². The van der Waals surface area contributed by atoms with E-state index in [1.807, 2.05) is 4.90 Å². The van der Waals surface area contributed by atoms with Gasteiger partial charge in [0.25, 0.3) is 0 Å². The third-order valence-corrected chi connectivity index (χ3v) is 6.20. The number of thiol groups is 1. The second-order valence-electron chi connectivity index (χ2n) is 6.47. The number of sulfonamides is 1. The summed E-state index contributed by atoms with van der Waals surface area (Å²) in [6.45, 7) is 7.24. The molecule has 0 spiro atoms. The Labute approximate surface area is 142 Å². The second-order valence-corrected chi connectivity index (χ2v) is 8.80. The lowest BCUT2D eigenvalue weighted by Crippen LogP contribution is -2.57. The van der Waals surface area contributed by atoms with Crippen LogP contribution in [0.4, 0.5) is 0 Å². The topological polar surface area (TPSA) is 61.4 Å². The summed E-state index contributed by atoms with van der Waals surface area (Å²) in [7, 11) is -3.11. The summed E-state index contributed by atoms with van der Waals surface area (Å²) < 4.78 is 26.7. The minimum Gasteiger partial charge on any atom is -0.315 e. The van der Waals surface area contributed by atoms with E-state index in [1.54, 1.807) is 0 Å². The fraction of sp³-hybridized carbons (Fsp3) is 1.00. The van der Waals surface area contributed by atoms with Crippen LogP contribution in [0.2, 0.25) is 0 Å². The van der Waals surface area contributed by atoms with Crippen LogP contribution in [0, 0.1) is 0 Å². The molecule has 1 fully saturated rings. The Morgan fingerprint density at radius 2 is 1.59 bits per heavy atom.